The Morgan fingerprint density at radius 2 is 1.70 bits per heavy atom. The maximum absolute atomic E-state index is 14.5. The van der Waals surface area contributed by atoms with E-state index in [4.69, 9.17) is 0 Å². The van der Waals surface area contributed by atoms with Gasteiger partial charge in [-0.3, -0.25) is 9.20 Å². The number of carbonyl (C=O) groups is 1. The lowest BCUT2D eigenvalue weighted by atomic mass is 10.0. The number of aromatic nitrogens is 2. The van der Waals surface area contributed by atoms with Crippen molar-refractivity contribution in [2.45, 2.75) is 25.9 Å². The summed E-state index contributed by atoms with van der Waals surface area (Å²) in [5.41, 5.74) is 1.87. The molecule has 1 N–H and O–H groups in total. The average molecular weight is 402 g/mol. The Morgan fingerprint density at radius 3 is 2.43 bits per heavy atom. The molecule has 2 atom stereocenters. The van der Waals surface area contributed by atoms with E-state index in [-0.39, 0.29) is 23.8 Å². The van der Waals surface area contributed by atoms with Gasteiger partial charge in [0.1, 0.15) is 11.6 Å². The molecule has 152 valence electrons. The summed E-state index contributed by atoms with van der Waals surface area (Å²) in [6, 6.07) is 14.9. The van der Waals surface area contributed by atoms with Crippen LogP contribution < -0.4 is 5.32 Å². The Balaban J connectivity index is 1.72. The van der Waals surface area contributed by atoms with Gasteiger partial charge in [-0.1, -0.05) is 36.4 Å². The maximum atomic E-state index is 14.5. The molecule has 5 rings (SSSR count). The van der Waals surface area contributed by atoms with Gasteiger partial charge < -0.3 is 10.2 Å². The SMILES string of the molecule is C[C@@H]1CN(C(=O)c2cn3c(-c4ccccc4F)ncc3c3ccccc23)C[C@H](C)N1. The van der Waals surface area contributed by atoms with E-state index in [0.717, 1.165) is 16.3 Å². The first-order valence-electron chi connectivity index (χ1n) is 10.2. The van der Waals surface area contributed by atoms with Crippen LogP contribution in [0.15, 0.2) is 60.9 Å². The highest BCUT2D eigenvalue weighted by molar-refractivity contribution is 6.11. The second kappa shape index (κ2) is 7.22. The number of carbonyl (C=O) groups excluding carboxylic acids is 1. The molecule has 30 heavy (non-hydrogen) atoms. The molecule has 6 heteroatoms. The summed E-state index contributed by atoms with van der Waals surface area (Å²) in [7, 11) is 0. The fraction of sp³-hybridized carbons (Fsp3) is 0.250. The molecule has 3 heterocycles. The van der Waals surface area contributed by atoms with Crippen molar-refractivity contribution in [3.8, 4) is 11.4 Å². The number of fused-ring (bicyclic) bond motifs is 3. The molecule has 2 aromatic carbocycles. The highest BCUT2D eigenvalue weighted by Gasteiger charge is 2.27. The largest absolute Gasteiger partial charge is 0.335 e. The Morgan fingerprint density at radius 1 is 1.03 bits per heavy atom. The lowest BCUT2D eigenvalue weighted by molar-refractivity contribution is 0.0675. The summed E-state index contributed by atoms with van der Waals surface area (Å²) in [4.78, 5) is 20.0. The first-order chi connectivity index (χ1) is 14.5. The van der Waals surface area contributed by atoms with Crippen molar-refractivity contribution < 1.29 is 9.18 Å². The van der Waals surface area contributed by atoms with Gasteiger partial charge in [-0.05, 0) is 31.4 Å². The van der Waals surface area contributed by atoms with Crippen molar-refractivity contribution in [3.05, 3.63) is 72.3 Å². The van der Waals surface area contributed by atoms with Crippen LogP contribution in [-0.4, -0.2) is 45.4 Å². The quantitative estimate of drug-likeness (QED) is 0.549. The molecule has 0 unspecified atom stereocenters. The minimum absolute atomic E-state index is 0.0125. The summed E-state index contributed by atoms with van der Waals surface area (Å²) in [6.07, 6.45) is 3.56. The van der Waals surface area contributed by atoms with Crippen LogP contribution in [0.4, 0.5) is 4.39 Å². The number of nitrogens with zero attached hydrogens (tertiary/aromatic N) is 3. The number of benzene rings is 2. The third-order valence-corrected chi connectivity index (χ3v) is 5.74. The zero-order chi connectivity index (χ0) is 20.8. The molecule has 2 aromatic heterocycles. The van der Waals surface area contributed by atoms with E-state index in [9.17, 15) is 9.18 Å². The lowest BCUT2D eigenvalue weighted by Crippen LogP contribution is -2.55. The molecule has 0 spiro atoms. The average Bonchev–Trinajstić information content (AvgIpc) is 3.16. The van der Waals surface area contributed by atoms with E-state index in [1.807, 2.05) is 39.8 Å². The Labute approximate surface area is 174 Å². The Hall–Kier alpha value is -3.25. The molecular weight excluding hydrogens is 379 g/mol. The fourth-order valence-corrected chi connectivity index (χ4v) is 4.51. The number of pyridine rings is 1. The molecular formula is C24H23FN4O. The van der Waals surface area contributed by atoms with Gasteiger partial charge in [-0.15, -0.1) is 0 Å². The van der Waals surface area contributed by atoms with Crippen molar-refractivity contribution in [1.29, 1.82) is 0 Å². The van der Waals surface area contributed by atoms with Gasteiger partial charge in [0.2, 0.25) is 0 Å². The standard InChI is InChI=1S/C24H23FN4O/c1-15-12-28(13-16(2)27-15)24(30)20-14-29-22(18-8-4-3-7-17(18)20)11-26-23(29)19-9-5-6-10-21(19)25/h3-11,14-16,27H,12-13H2,1-2H3/t15-,16+. The van der Waals surface area contributed by atoms with Gasteiger partial charge in [0.25, 0.3) is 5.91 Å². The molecule has 1 fully saturated rings. The van der Waals surface area contributed by atoms with E-state index in [0.29, 0.717) is 30.0 Å². The van der Waals surface area contributed by atoms with Crippen LogP contribution in [0.2, 0.25) is 0 Å². The smallest absolute Gasteiger partial charge is 0.256 e. The molecule has 0 aliphatic carbocycles. The van der Waals surface area contributed by atoms with E-state index < -0.39 is 0 Å². The second-order valence-corrected chi connectivity index (χ2v) is 8.08. The first-order valence-corrected chi connectivity index (χ1v) is 10.2. The number of hydrogen-bond donors (Lipinski definition) is 1. The van der Waals surface area contributed by atoms with Gasteiger partial charge in [0.15, 0.2) is 0 Å². The zero-order valence-corrected chi connectivity index (χ0v) is 17.0. The number of piperazine rings is 1. The van der Waals surface area contributed by atoms with E-state index >= 15 is 0 Å². The number of imidazole rings is 1. The highest BCUT2D eigenvalue weighted by Crippen LogP contribution is 2.30. The third-order valence-electron chi connectivity index (χ3n) is 5.74. The van der Waals surface area contributed by atoms with E-state index in [2.05, 4.69) is 24.1 Å². The van der Waals surface area contributed by atoms with Gasteiger partial charge in [0.05, 0.1) is 22.8 Å². The number of halogens is 1. The van der Waals surface area contributed by atoms with Gasteiger partial charge >= 0.3 is 0 Å². The van der Waals surface area contributed by atoms with Crippen LogP contribution >= 0.6 is 0 Å². The summed E-state index contributed by atoms with van der Waals surface area (Å²) >= 11 is 0. The minimum atomic E-state index is -0.337. The Kier molecular flexibility index (Phi) is 4.51. The first kappa shape index (κ1) is 18.8. The fourth-order valence-electron chi connectivity index (χ4n) is 4.51. The summed E-state index contributed by atoms with van der Waals surface area (Å²) in [6.45, 7) is 5.48. The van der Waals surface area contributed by atoms with Crippen molar-refractivity contribution in [2.24, 2.45) is 0 Å². The van der Waals surface area contributed by atoms with Gasteiger partial charge in [-0.25, -0.2) is 9.37 Å². The van der Waals surface area contributed by atoms with Crippen LogP contribution in [-0.2, 0) is 0 Å². The number of hydrogen-bond acceptors (Lipinski definition) is 3. The summed E-state index contributed by atoms with van der Waals surface area (Å²) in [5.74, 6) is 0.141. The number of amides is 1. The molecule has 0 saturated carbocycles. The highest BCUT2D eigenvalue weighted by atomic mass is 19.1. The van der Waals surface area contributed by atoms with E-state index in [1.54, 1.807) is 24.4 Å². The summed E-state index contributed by atoms with van der Waals surface area (Å²) in [5, 5.41) is 5.27. The topological polar surface area (TPSA) is 49.6 Å². The molecule has 5 nitrogen and oxygen atoms in total. The number of nitrogens with one attached hydrogen (secondary N) is 1. The lowest BCUT2D eigenvalue weighted by Gasteiger charge is -2.36. The monoisotopic (exact) mass is 402 g/mol. The van der Waals surface area contributed by atoms with Crippen LogP contribution in [0.3, 0.4) is 0 Å². The normalized spacial score (nSPS) is 19.5. The van der Waals surface area contributed by atoms with Gasteiger partial charge in [-0.2, -0.15) is 0 Å². The van der Waals surface area contributed by atoms with Crippen LogP contribution in [0.1, 0.15) is 24.2 Å². The predicted octanol–water partition coefficient (Wildman–Crippen LogP) is 4.12. The molecule has 1 aliphatic heterocycles. The molecule has 1 aliphatic rings. The maximum Gasteiger partial charge on any atom is 0.256 e. The van der Waals surface area contributed by atoms with Crippen molar-refractivity contribution >= 4 is 22.2 Å². The van der Waals surface area contributed by atoms with Crippen molar-refractivity contribution in [1.82, 2.24) is 19.6 Å². The molecule has 1 amide bonds. The second-order valence-electron chi connectivity index (χ2n) is 8.08. The predicted molar refractivity (Wildman–Crippen MR) is 116 cm³/mol. The third kappa shape index (κ3) is 3.04. The molecule has 4 aromatic rings. The van der Waals surface area contributed by atoms with Crippen molar-refractivity contribution in [2.75, 3.05) is 13.1 Å². The molecule has 0 radical (unpaired) electrons. The summed E-state index contributed by atoms with van der Waals surface area (Å²) < 4.78 is 16.3. The van der Waals surface area contributed by atoms with Crippen LogP contribution in [0.25, 0.3) is 27.7 Å². The number of rotatable bonds is 2. The zero-order valence-electron chi connectivity index (χ0n) is 17.0. The van der Waals surface area contributed by atoms with E-state index in [1.165, 1.54) is 6.07 Å². The van der Waals surface area contributed by atoms with Crippen LogP contribution in [0, 0.1) is 5.82 Å². The molecule has 0 bridgehead atoms. The Bertz CT molecular complexity index is 1250. The molecule has 1 saturated heterocycles. The van der Waals surface area contributed by atoms with Gasteiger partial charge in [0, 0.05) is 36.8 Å². The minimum Gasteiger partial charge on any atom is -0.335 e. The van der Waals surface area contributed by atoms with Crippen LogP contribution in [0.5, 0.6) is 0 Å². The van der Waals surface area contributed by atoms with Crippen molar-refractivity contribution in [3.63, 3.8) is 0 Å².